The van der Waals surface area contributed by atoms with Crippen molar-refractivity contribution in [1.29, 1.82) is 0 Å². The van der Waals surface area contributed by atoms with Crippen molar-refractivity contribution in [2.45, 2.75) is 19.9 Å². The molecule has 3 nitrogen and oxygen atoms in total. The first-order valence-corrected chi connectivity index (χ1v) is 7.83. The number of nitrogens with one attached hydrogen (secondary N) is 2. The molecule has 5 heteroatoms. The van der Waals surface area contributed by atoms with Crippen LogP contribution in [0, 0.1) is 0 Å². The lowest BCUT2D eigenvalue weighted by molar-refractivity contribution is -0.115. The third kappa shape index (κ3) is 4.76. The highest BCUT2D eigenvalue weighted by molar-refractivity contribution is 9.10. The summed E-state index contributed by atoms with van der Waals surface area (Å²) in [5.74, 6) is 0.0108. The lowest BCUT2D eigenvalue weighted by Gasteiger charge is -2.10. The lowest BCUT2D eigenvalue weighted by Crippen LogP contribution is -2.09. The summed E-state index contributed by atoms with van der Waals surface area (Å²) in [6.45, 7) is 2.46. The SMILES string of the molecule is CCC(=O)Nc1ccc(NCc2cc(Br)ccc2Cl)cc1. The molecule has 110 valence electrons. The Morgan fingerprint density at radius 1 is 1.14 bits per heavy atom. The average Bonchev–Trinajstić information content (AvgIpc) is 2.49. The quantitative estimate of drug-likeness (QED) is 0.775. The van der Waals surface area contributed by atoms with Crippen LogP contribution in [0.15, 0.2) is 46.9 Å². The van der Waals surface area contributed by atoms with Gasteiger partial charge in [-0.1, -0.05) is 34.5 Å². The summed E-state index contributed by atoms with van der Waals surface area (Å²) in [6, 6.07) is 13.4. The first kappa shape index (κ1) is 15.9. The molecular weight excluding hydrogens is 352 g/mol. The van der Waals surface area contributed by atoms with Crippen LogP contribution in [0.4, 0.5) is 11.4 Å². The molecule has 1 amide bonds. The van der Waals surface area contributed by atoms with Gasteiger partial charge >= 0.3 is 0 Å². The second-order valence-electron chi connectivity index (χ2n) is 4.57. The van der Waals surface area contributed by atoms with E-state index in [9.17, 15) is 4.79 Å². The summed E-state index contributed by atoms with van der Waals surface area (Å²) in [6.07, 6.45) is 0.474. The standard InChI is InChI=1S/C16H16BrClN2O/c1-2-16(21)20-14-6-4-13(5-7-14)19-10-11-9-12(17)3-8-15(11)18/h3-9,19H,2,10H2,1H3,(H,20,21). The number of hydrogen-bond donors (Lipinski definition) is 2. The van der Waals surface area contributed by atoms with Gasteiger partial charge in [0.05, 0.1) is 0 Å². The van der Waals surface area contributed by atoms with Gasteiger partial charge in [0.15, 0.2) is 0 Å². The third-order valence-electron chi connectivity index (χ3n) is 2.98. The van der Waals surface area contributed by atoms with Gasteiger partial charge in [0, 0.05) is 33.8 Å². The van der Waals surface area contributed by atoms with Crippen LogP contribution in [0.25, 0.3) is 0 Å². The zero-order valence-electron chi connectivity index (χ0n) is 11.6. The molecule has 0 heterocycles. The monoisotopic (exact) mass is 366 g/mol. The van der Waals surface area contributed by atoms with Crippen molar-refractivity contribution < 1.29 is 4.79 Å². The van der Waals surface area contributed by atoms with Gasteiger partial charge < -0.3 is 10.6 Å². The molecule has 2 aromatic carbocycles. The smallest absolute Gasteiger partial charge is 0.224 e. The first-order chi connectivity index (χ1) is 10.1. The van der Waals surface area contributed by atoms with E-state index in [4.69, 9.17) is 11.6 Å². The Hall–Kier alpha value is -1.52. The Balaban J connectivity index is 1.97. The second kappa shape index (κ2) is 7.48. The highest BCUT2D eigenvalue weighted by Crippen LogP contribution is 2.22. The largest absolute Gasteiger partial charge is 0.381 e. The van der Waals surface area contributed by atoms with E-state index in [2.05, 4.69) is 26.6 Å². The zero-order chi connectivity index (χ0) is 15.2. The molecule has 21 heavy (non-hydrogen) atoms. The number of rotatable bonds is 5. The van der Waals surface area contributed by atoms with Gasteiger partial charge in [-0.05, 0) is 48.0 Å². The fourth-order valence-corrected chi connectivity index (χ4v) is 2.39. The van der Waals surface area contributed by atoms with E-state index in [0.717, 1.165) is 26.4 Å². The van der Waals surface area contributed by atoms with E-state index in [-0.39, 0.29) is 5.91 Å². The molecule has 0 aliphatic rings. The van der Waals surface area contributed by atoms with E-state index in [1.54, 1.807) is 0 Å². The topological polar surface area (TPSA) is 41.1 Å². The molecule has 0 bridgehead atoms. The van der Waals surface area contributed by atoms with Crippen LogP contribution < -0.4 is 10.6 Å². The number of amides is 1. The predicted octanol–water partition coefficient (Wildman–Crippen LogP) is 5.06. The van der Waals surface area contributed by atoms with Crippen molar-refractivity contribution >= 4 is 44.8 Å². The molecule has 0 saturated carbocycles. The van der Waals surface area contributed by atoms with Crippen molar-refractivity contribution in [1.82, 2.24) is 0 Å². The Morgan fingerprint density at radius 3 is 2.48 bits per heavy atom. The van der Waals surface area contributed by atoms with Crippen LogP contribution in [-0.2, 0) is 11.3 Å². The molecule has 0 aliphatic heterocycles. The molecule has 2 N–H and O–H groups in total. The van der Waals surface area contributed by atoms with Crippen molar-refractivity contribution in [2.75, 3.05) is 10.6 Å². The molecule has 0 saturated heterocycles. The van der Waals surface area contributed by atoms with E-state index in [1.807, 2.05) is 49.4 Å². The lowest BCUT2D eigenvalue weighted by atomic mass is 10.2. The minimum atomic E-state index is 0.0108. The normalized spacial score (nSPS) is 10.2. The van der Waals surface area contributed by atoms with Gasteiger partial charge in [-0.15, -0.1) is 0 Å². The number of benzene rings is 2. The molecule has 0 radical (unpaired) electrons. The number of carbonyl (C=O) groups excluding carboxylic acids is 1. The third-order valence-corrected chi connectivity index (χ3v) is 3.84. The van der Waals surface area contributed by atoms with Gasteiger partial charge in [0.1, 0.15) is 0 Å². The van der Waals surface area contributed by atoms with E-state index in [0.29, 0.717) is 13.0 Å². The first-order valence-electron chi connectivity index (χ1n) is 6.66. The predicted molar refractivity (Wildman–Crippen MR) is 91.8 cm³/mol. The Morgan fingerprint density at radius 2 is 1.81 bits per heavy atom. The maximum Gasteiger partial charge on any atom is 0.224 e. The van der Waals surface area contributed by atoms with E-state index >= 15 is 0 Å². The van der Waals surface area contributed by atoms with Crippen LogP contribution in [-0.4, -0.2) is 5.91 Å². The maximum absolute atomic E-state index is 11.3. The maximum atomic E-state index is 11.3. The summed E-state index contributed by atoms with van der Waals surface area (Å²) in [5, 5.41) is 6.85. The zero-order valence-corrected chi connectivity index (χ0v) is 14.0. The second-order valence-corrected chi connectivity index (χ2v) is 5.89. The summed E-state index contributed by atoms with van der Waals surface area (Å²) < 4.78 is 1.00. The molecule has 0 fully saturated rings. The fraction of sp³-hybridized carbons (Fsp3) is 0.188. The van der Waals surface area contributed by atoms with Crippen molar-refractivity contribution in [2.24, 2.45) is 0 Å². The van der Waals surface area contributed by atoms with Gasteiger partial charge in [-0.25, -0.2) is 0 Å². The molecule has 2 rings (SSSR count). The van der Waals surface area contributed by atoms with Crippen molar-refractivity contribution in [3.05, 3.63) is 57.5 Å². The molecular formula is C16H16BrClN2O. The summed E-state index contributed by atoms with van der Waals surface area (Å²) >= 11 is 9.59. The van der Waals surface area contributed by atoms with Gasteiger partial charge in [0.25, 0.3) is 0 Å². The van der Waals surface area contributed by atoms with E-state index < -0.39 is 0 Å². The highest BCUT2D eigenvalue weighted by atomic mass is 79.9. The summed E-state index contributed by atoms with van der Waals surface area (Å²) in [4.78, 5) is 11.3. The van der Waals surface area contributed by atoms with Crippen molar-refractivity contribution in [3.63, 3.8) is 0 Å². The molecule has 0 atom stereocenters. The molecule has 0 aliphatic carbocycles. The minimum Gasteiger partial charge on any atom is -0.381 e. The summed E-state index contributed by atoms with van der Waals surface area (Å²) in [5.41, 5.74) is 2.79. The van der Waals surface area contributed by atoms with E-state index in [1.165, 1.54) is 0 Å². The molecule has 2 aromatic rings. The summed E-state index contributed by atoms with van der Waals surface area (Å²) in [7, 11) is 0. The van der Waals surface area contributed by atoms with Crippen LogP contribution >= 0.6 is 27.5 Å². The Kier molecular flexibility index (Phi) is 5.65. The molecule has 0 unspecified atom stereocenters. The van der Waals surface area contributed by atoms with Gasteiger partial charge in [-0.3, -0.25) is 4.79 Å². The van der Waals surface area contributed by atoms with Crippen LogP contribution in [0.3, 0.4) is 0 Å². The number of anilines is 2. The number of hydrogen-bond acceptors (Lipinski definition) is 2. The van der Waals surface area contributed by atoms with Crippen LogP contribution in [0.1, 0.15) is 18.9 Å². The minimum absolute atomic E-state index is 0.0108. The Labute approximate surface area is 137 Å². The van der Waals surface area contributed by atoms with Crippen LogP contribution in [0.2, 0.25) is 5.02 Å². The highest BCUT2D eigenvalue weighted by Gasteiger charge is 2.02. The number of carbonyl (C=O) groups is 1. The van der Waals surface area contributed by atoms with Gasteiger partial charge in [0.2, 0.25) is 5.91 Å². The number of halogens is 2. The van der Waals surface area contributed by atoms with Gasteiger partial charge in [-0.2, -0.15) is 0 Å². The van der Waals surface area contributed by atoms with Crippen molar-refractivity contribution in [3.8, 4) is 0 Å². The molecule has 0 spiro atoms. The molecule has 0 aromatic heterocycles. The Bertz CT molecular complexity index is 629. The average molecular weight is 368 g/mol. The fourth-order valence-electron chi connectivity index (χ4n) is 1.80. The van der Waals surface area contributed by atoms with Crippen LogP contribution in [0.5, 0.6) is 0 Å².